The Bertz CT molecular complexity index is 156. The second-order valence-corrected chi connectivity index (χ2v) is 3.30. The monoisotopic (exact) mass is 215 g/mol. The van der Waals surface area contributed by atoms with Crippen molar-refractivity contribution in [2.45, 2.75) is 25.4 Å². The van der Waals surface area contributed by atoms with E-state index in [9.17, 15) is 13.2 Å². The second kappa shape index (κ2) is 6.27. The topological polar surface area (TPSA) is 12.0 Å². The quantitative estimate of drug-likeness (QED) is 0.672. The Morgan fingerprint density at radius 3 is 2.38 bits per heavy atom. The molecule has 0 radical (unpaired) electrons. The molecule has 0 aliphatic carbocycles. The fourth-order valence-electron chi connectivity index (χ4n) is 0.799. The Balaban J connectivity index is 3.13. The van der Waals surface area contributed by atoms with E-state index in [4.69, 9.17) is 11.6 Å². The van der Waals surface area contributed by atoms with Gasteiger partial charge < -0.3 is 5.32 Å². The number of nitrogens with one attached hydrogen (secondary N) is 1. The maximum Gasteiger partial charge on any atom is 0.389 e. The molecule has 5 heteroatoms. The SMILES string of the molecule is C=C(Cl)CNCCCCC(F)(F)F. The molecule has 78 valence electrons. The first-order chi connectivity index (χ1) is 5.92. The van der Waals surface area contributed by atoms with Gasteiger partial charge in [0.2, 0.25) is 0 Å². The molecular weight excluding hydrogens is 203 g/mol. The Labute approximate surface area is 81.0 Å². The molecule has 1 nitrogen and oxygen atoms in total. The van der Waals surface area contributed by atoms with Gasteiger partial charge in [-0.05, 0) is 19.4 Å². The Kier molecular flexibility index (Phi) is 6.16. The molecule has 0 unspecified atom stereocenters. The third-order valence-electron chi connectivity index (χ3n) is 1.38. The Hall–Kier alpha value is -0.220. The van der Waals surface area contributed by atoms with Crippen LogP contribution in [0.5, 0.6) is 0 Å². The molecule has 0 aliphatic heterocycles. The minimum Gasteiger partial charge on any atom is -0.312 e. The van der Waals surface area contributed by atoms with Crippen LogP contribution < -0.4 is 5.32 Å². The number of halogens is 4. The molecule has 0 aromatic carbocycles. The van der Waals surface area contributed by atoms with Crippen LogP contribution in [0.1, 0.15) is 19.3 Å². The summed E-state index contributed by atoms with van der Waals surface area (Å²) in [6, 6.07) is 0. The number of unbranched alkanes of at least 4 members (excludes halogenated alkanes) is 1. The molecule has 0 aromatic heterocycles. The molecule has 0 spiro atoms. The zero-order valence-corrected chi connectivity index (χ0v) is 8.01. The van der Waals surface area contributed by atoms with Gasteiger partial charge >= 0.3 is 6.18 Å². The smallest absolute Gasteiger partial charge is 0.312 e. The van der Waals surface area contributed by atoms with Gasteiger partial charge in [0, 0.05) is 18.0 Å². The van der Waals surface area contributed by atoms with Gasteiger partial charge in [-0.3, -0.25) is 0 Å². The predicted molar refractivity (Wildman–Crippen MR) is 47.8 cm³/mol. The number of alkyl halides is 3. The van der Waals surface area contributed by atoms with Crippen LogP contribution in [0.25, 0.3) is 0 Å². The second-order valence-electron chi connectivity index (χ2n) is 2.77. The molecule has 1 N–H and O–H groups in total. The molecular formula is C8H13ClF3N. The summed E-state index contributed by atoms with van der Waals surface area (Å²) in [6.07, 6.45) is -4.08. The van der Waals surface area contributed by atoms with Crippen LogP contribution in [0.3, 0.4) is 0 Å². The minimum atomic E-state index is -4.03. The lowest BCUT2D eigenvalue weighted by Crippen LogP contribution is -2.17. The van der Waals surface area contributed by atoms with Crippen molar-refractivity contribution in [3.05, 3.63) is 11.6 Å². The van der Waals surface area contributed by atoms with Crippen LogP contribution in [0.4, 0.5) is 13.2 Å². The fraction of sp³-hybridized carbons (Fsp3) is 0.750. The van der Waals surface area contributed by atoms with E-state index in [1.807, 2.05) is 0 Å². The van der Waals surface area contributed by atoms with E-state index >= 15 is 0 Å². The standard InChI is InChI=1S/C8H13ClF3N/c1-7(9)6-13-5-3-2-4-8(10,11)12/h13H,1-6H2. The molecule has 0 saturated carbocycles. The zero-order chi connectivity index (χ0) is 10.3. The minimum absolute atomic E-state index is 0.158. The van der Waals surface area contributed by atoms with E-state index in [1.54, 1.807) is 0 Å². The van der Waals surface area contributed by atoms with Crippen molar-refractivity contribution in [2.24, 2.45) is 0 Å². The van der Waals surface area contributed by atoms with Crippen LogP contribution in [0.15, 0.2) is 11.6 Å². The van der Waals surface area contributed by atoms with Crippen molar-refractivity contribution in [1.29, 1.82) is 0 Å². The molecule has 0 aliphatic rings. The molecule has 0 amide bonds. The summed E-state index contributed by atoms with van der Waals surface area (Å²) in [5.41, 5.74) is 0. The Morgan fingerprint density at radius 1 is 1.31 bits per heavy atom. The molecule has 13 heavy (non-hydrogen) atoms. The lowest BCUT2D eigenvalue weighted by Gasteiger charge is -2.06. The molecule has 0 fully saturated rings. The summed E-state index contributed by atoms with van der Waals surface area (Å²) in [5.74, 6) is 0. The van der Waals surface area contributed by atoms with E-state index in [0.29, 0.717) is 24.5 Å². The number of hydrogen-bond donors (Lipinski definition) is 1. The maximum absolute atomic E-state index is 11.6. The molecule has 0 aromatic rings. The maximum atomic E-state index is 11.6. The average Bonchev–Trinajstić information content (AvgIpc) is 1.93. The molecule has 0 bridgehead atoms. The van der Waals surface area contributed by atoms with Crippen LogP contribution in [-0.4, -0.2) is 19.3 Å². The molecule has 0 rings (SSSR count). The van der Waals surface area contributed by atoms with Crippen LogP contribution in [-0.2, 0) is 0 Å². The highest BCUT2D eigenvalue weighted by Crippen LogP contribution is 2.21. The van der Waals surface area contributed by atoms with Crippen molar-refractivity contribution in [1.82, 2.24) is 5.32 Å². The predicted octanol–water partition coefficient (Wildman–Crippen LogP) is 3.06. The third-order valence-corrected chi connectivity index (χ3v) is 1.51. The van der Waals surface area contributed by atoms with Crippen molar-refractivity contribution < 1.29 is 13.2 Å². The number of hydrogen-bond acceptors (Lipinski definition) is 1. The van der Waals surface area contributed by atoms with Crippen LogP contribution >= 0.6 is 11.6 Å². The van der Waals surface area contributed by atoms with Crippen molar-refractivity contribution >= 4 is 11.6 Å². The van der Waals surface area contributed by atoms with Gasteiger partial charge in [-0.2, -0.15) is 13.2 Å². The van der Waals surface area contributed by atoms with Gasteiger partial charge in [-0.1, -0.05) is 18.2 Å². The van der Waals surface area contributed by atoms with Crippen molar-refractivity contribution in [2.75, 3.05) is 13.1 Å². The van der Waals surface area contributed by atoms with Gasteiger partial charge in [-0.25, -0.2) is 0 Å². The third kappa shape index (κ3) is 11.8. The van der Waals surface area contributed by atoms with Crippen molar-refractivity contribution in [3.63, 3.8) is 0 Å². The highest BCUT2D eigenvalue weighted by molar-refractivity contribution is 6.29. The first-order valence-corrected chi connectivity index (χ1v) is 4.40. The van der Waals surface area contributed by atoms with E-state index in [-0.39, 0.29) is 6.42 Å². The lowest BCUT2D eigenvalue weighted by atomic mass is 10.2. The van der Waals surface area contributed by atoms with Gasteiger partial charge in [-0.15, -0.1) is 0 Å². The fourth-order valence-corrected chi connectivity index (χ4v) is 0.894. The highest BCUT2D eigenvalue weighted by Gasteiger charge is 2.25. The largest absolute Gasteiger partial charge is 0.389 e. The molecule has 0 heterocycles. The zero-order valence-electron chi connectivity index (χ0n) is 7.25. The van der Waals surface area contributed by atoms with Gasteiger partial charge in [0.15, 0.2) is 0 Å². The normalized spacial score (nSPS) is 11.7. The van der Waals surface area contributed by atoms with Crippen LogP contribution in [0.2, 0.25) is 0 Å². The highest BCUT2D eigenvalue weighted by atomic mass is 35.5. The Morgan fingerprint density at radius 2 is 1.92 bits per heavy atom. The van der Waals surface area contributed by atoms with Crippen LogP contribution in [0, 0.1) is 0 Å². The molecule has 0 saturated heterocycles. The summed E-state index contributed by atoms with van der Waals surface area (Å²) in [5, 5.41) is 3.34. The summed E-state index contributed by atoms with van der Waals surface area (Å²) in [7, 11) is 0. The van der Waals surface area contributed by atoms with Gasteiger partial charge in [0.1, 0.15) is 0 Å². The first-order valence-electron chi connectivity index (χ1n) is 4.02. The summed E-state index contributed by atoms with van der Waals surface area (Å²) >= 11 is 5.43. The average molecular weight is 216 g/mol. The number of rotatable bonds is 6. The summed E-state index contributed by atoms with van der Waals surface area (Å²) in [4.78, 5) is 0. The summed E-state index contributed by atoms with van der Waals surface area (Å²) in [6.45, 7) is 4.43. The van der Waals surface area contributed by atoms with Gasteiger partial charge in [0.25, 0.3) is 0 Å². The first kappa shape index (κ1) is 12.8. The molecule has 0 atom stereocenters. The van der Waals surface area contributed by atoms with Crippen molar-refractivity contribution in [3.8, 4) is 0 Å². The van der Waals surface area contributed by atoms with E-state index < -0.39 is 12.6 Å². The summed E-state index contributed by atoms with van der Waals surface area (Å²) < 4.78 is 34.9. The van der Waals surface area contributed by atoms with Gasteiger partial charge in [0.05, 0.1) is 0 Å². The van der Waals surface area contributed by atoms with E-state index in [1.165, 1.54) is 0 Å². The lowest BCUT2D eigenvalue weighted by molar-refractivity contribution is -0.135. The van der Waals surface area contributed by atoms with E-state index in [0.717, 1.165) is 0 Å². The van der Waals surface area contributed by atoms with E-state index in [2.05, 4.69) is 11.9 Å².